The molecule has 0 unspecified atom stereocenters. The van der Waals surface area contributed by atoms with Crippen LogP contribution in [0, 0.1) is 0 Å². The second kappa shape index (κ2) is 14.1. The predicted octanol–water partition coefficient (Wildman–Crippen LogP) is 5.73. The van der Waals surface area contributed by atoms with Crippen LogP contribution in [0.15, 0.2) is 78.9 Å². The van der Waals surface area contributed by atoms with Crippen LogP contribution in [0.5, 0.6) is 0 Å². The number of halogens is 1. The summed E-state index contributed by atoms with van der Waals surface area (Å²) in [4.78, 5) is 25.6. The van der Waals surface area contributed by atoms with E-state index in [1.54, 1.807) is 12.1 Å². The Morgan fingerprint density at radius 3 is 2.09 bits per heavy atom. The molecule has 0 radical (unpaired) electrons. The number of hydrogen-bond donors (Lipinski definition) is 3. The molecule has 0 saturated carbocycles. The number of rotatable bonds is 13. The number of carbonyl (C=O) groups is 2. The molecule has 0 heterocycles. The van der Waals surface area contributed by atoms with Crippen molar-refractivity contribution in [3.05, 3.63) is 101 Å². The second-order valence-corrected chi connectivity index (χ2v) is 8.86. The number of anilines is 1. The highest BCUT2D eigenvalue weighted by Gasteiger charge is 2.08. The first kappa shape index (κ1) is 26.3. The van der Waals surface area contributed by atoms with Gasteiger partial charge in [-0.2, -0.15) is 0 Å². The molecule has 7 heteroatoms. The van der Waals surface area contributed by atoms with Gasteiger partial charge in [-0.25, -0.2) is 9.59 Å². The van der Waals surface area contributed by atoms with Crippen molar-refractivity contribution >= 4 is 29.3 Å². The third-order valence-electron chi connectivity index (χ3n) is 5.74. The van der Waals surface area contributed by atoms with Crippen LogP contribution in [-0.4, -0.2) is 48.2 Å². The minimum Gasteiger partial charge on any atom is -0.478 e. The van der Waals surface area contributed by atoms with E-state index in [2.05, 4.69) is 27.7 Å². The first-order chi connectivity index (χ1) is 17.0. The number of hydrogen-bond acceptors (Lipinski definition) is 3. The summed E-state index contributed by atoms with van der Waals surface area (Å²) < 4.78 is 0. The Kier molecular flexibility index (Phi) is 10.6. The molecule has 0 aliphatic rings. The Labute approximate surface area is 211 Å². The number of aromatic carboxylic acids is 1. The van der Waals surface area contributed by atoms with E-state index in [1.165, 1.54) is 5.56 Å². The molecule has 3 aromatic rings. The molecule has 0 bridgehead atoms. The normalized spacial score (nSPS) is 10.8. The third kappa shape index (κ3) is 9.81. The van der Waals surface area contributed by atoms with Crippen molar-refractivity contribution in [3.63, 3.8) is 0 Å². The van der Waals surface area contributed by atoms with Gasteiger partial charge in [0.25, 0.3) is 0 Å². The van der Waals surface area contributed by atoms with Gasteiger partial charge in [-0.15, -0.1) is 0 Å². The van der Waals surface area contributed by atoms with Crippen molar-refractivity contribution in [3.8, 4) is 0 Å². The zero-order valence-electron chi connectivity index (χ0n) is 19.8. The van der Waals surface area contributed by atoms with Crippen LogP contribution in [0.4, 0.5) is 10.5 Å². The van der Waals surface area contributed by atoms with Crippen LogP contribution >= 0.6 is 11.6 Å². The Bertz CT molecular complexity index is 1060. The molecule has 3 rings (SSSR count). The molecule has 3 aromatic carbocycles. The molecule has 2 amide bonds. The maximum atomic E-state index is 12.1. The molecule has 0 atom stereocenters. The highest BCUT2D eigenvalue weighted by Crippen LogP contribution is 2.12. The summed E-state index contributed by atoms with van der Waals surface area (Å²) >= 11 is 6.01. The summed E-state index contributed by atoms with van der Waals surface area (Å²) in [5.41, 5.74) is 3.45. The molecule has 0 aliphatic heterocycles. The molecule has 6 nitrogen and oxygen atoms in total. The van der Waals surface area contributed by atoms with Gasteiger partial charge in [0, 0.05) is 23.8 Å². The topological polar surface area (TPSA) is 81.7 Å². The van der Waals surface area contributed by atoms with Crippen LogP contribution < -0.4 is 10.6 Å². The van der Waals surface area contributed by atoms with Gasteiger partial charge in [-0.05, 0) is 86.3 Å². The first-order valence-electron chi connectivity index (χ1n) is 11.9. The lowest BCUT2D eigenvalue weighted by molar-refractivity contribution is 0.0697. The van der Waals surface area contributed by atoms with Crippen molar-refractivity contribution in [2.75, 3.05) is 31.5 Å². The van der Waals surface area contributed by atoms with Gasteiger partial charge in [-0.1, -0.05) is 54.1 Å². The standard InChI is InChI=1S/C28H32ClN3O3/c29-25-15-11-23(12-16-25)17-21-32(19-4-6-22-9-13-24(14-10-22)27(33)34)20-5-18-30-28(35)31-26-7-2-1-3-8-26/h1-3,7-16H,4-6,17-21H2,(H,33,34)(H2,30,31,35). The van der Waals surface area contributed by atoms with Crippen LogP contribution in [-0.2, 0) is 12.8 Å². The van der Waals surface area contributed by atoms with E-state index in [4.69, 9.17) is 16.7 Å². The zero-order chi connectivity index (χ0) is 24.9. The smallest absolute Gasteiger partial charge is 0.335 e. The molecule has 35 heavy (non-hydrogen) atoms. The summed E-state index contributed by atoms with van der Waals surface area (Å²) in [6, 6.07) is 24.2. The van der Waals surface area contributed by atoms with E-state index >= 15 is 0 Å². The minimum absolute atomic E-state index is 0.200. The number of nitrogens with one attached hydrogen (secondary N) is 2. The maximum Gasteiger partial charge on any atom is 0.335 e. The summed E-state index contributed by atoms with van der Waals surface area (Å²) in [5.74, 6) is -0.906. The van der Waals surface area contributed by atoms with Crippen molar-refractivity contribution in [2.45, 2.75) is 25.7 Å². The van der Waals surface area contributed by atoms with Crippen LogP contribution in [0.2, 0.25) is 5.02 Å². The van der Waals surface area contributed by atoms with Crippen molar-refractivity contribution in [1.82, 2.24) is 10.2 Å². The fourth-order valence-corrected chi connectivity index (χ4v) is 3.92. The van der Waals surface area contributed by atoms with Gasteiger partial charge in [0.1, 0.15) is 0 Å². The summed E-state index contributed by atoms with van der Waals surface area (Å²) in [7, 11) is 0. The van der Waals surface area contributed by atoms with Crippen molar-refractivity contribution < 1.29 is 14.7 Å². The Morgan fingerprint density at radius 2 is 1.40 bits per heavy atom. The lowest BCUT2D eigenvalue weighted by Gasteiger charge is -2.22. The lowest BCUT2D eigenvalue weighted by atomic mass is 10.1. The fourth-order valence-electron chi connectivity index (χ4n) is 3.80. The molecular weight excluding hydrogens is 462 g/mol. The molecule has 0 aromatic heterocycles. The first-order valence-corrected chi connectivity index (χ1v) is 12.3. The van der Waals surface area contributed by atoms with E-state index in [0.29, 0.717) is 12.1 Å². The molecular formula is C28H32ClN3O3. The van der Waals surface area contributed by atoms with Gasteiger partial charge in [0.2, 0.25) is 0 Å². The summed E-state index contributed by atoms with van der Waals surface area (Å²) in [6.07, 6.45) is 3.62. The van der Waals surface area contributed by atoms with E-state index < -0.39 is 5.97 Å². The van der Waals surface area contributed by atoms with Crippen LogP contribution in [0.25, 0.3) is 0 Å². The van der Waals surface area contributed by atoms with Crippen LogP contribution in [0.3, 0.4) is 0 Å². The summed E-state index contributed by atoms with van der Waals surface area (Å²) in [6.45, 7) is 3.30. The number of nitrogens with zero attached hydrogens (tertiary/aromatic N) is 1. The van der Waals surface area contributed by atoms with Gasteiger partial charge < -0.3 is 20.6 Å². The number of carboxylic acids is 1. The Hall–Kier alpha value is -3.35. The molecule has 0 spiro atoms. The Morgan fingerprint density at radius 1 is 0.771 bits per heavy atom. The highest BCUT2D eigenvalue weighted by atomic mass is 35.5. The van der Waals surface area contributed by atoms with Gasteiger partial charge in [0.15, 0.2) is 0 Å². The predicted molar refractivity (Wildman–Crippen MR) is 141 cm³/mol. The number of benzene rings is 3. The van der Waals surface area contributed by atoms with E-state index in [9.17, 15) is 9.59 Å². The SMILES string of the molecule is O=C(NCCCN(CCCc1ccc(C(=O)O)cc1)CCc1ccc(Cl)cc1)Nc1ccccc1. The number of amides is 2. The minimum atomic E-state index is -0.906. The zero-order valence-corrected chi connectivity index (χ0v) is 20.5. The number of para-hydroxylation sites is 1. The quantitative estimate of drug-likeness (QED) is 0.266. The molecule has 184 valence electrons. The maximum absolute atomic E-state index is 12.1. The van der Waals surface area contributed by atoms with Gasteiger partial charge in [0.05, 0.1) is 5.56 Å². The van der Waals surface area contributed by atoms with E-state index in [1.807, 2.05) is 54.6 Å². The molecule has 0 fully saturated rings. The molecule has 0 aliphatic carbocycles. The number of urea groups is 1. The van der Waals surface area contributed by atoms with Crippen LogP contribution in [0.1, 0.15) is 34.3 Å². The van der Waals surface area contributed by atoms with E-state index in [-0.39, 0.29) is 6.03 Å². The highest BCUT2D eigenvalue weighted by molar-refractivity contribution is 6.30. The van der Waals surface area contributed by atoms with Gasteiger partial charge >= 0.3 is 12.0 Å². The average molecular weight is 494 g/mol. The van der Waals surface area contributed by atoms with Crippen molar-refractivity contribution in [1.29, 1.82) is 0 Å². The largest absolute Gasteiger partial charge is 0.478 e. The lowest BCUT2D eigenvalue weighted by Crippen LogP contribution is -2.34. The molecule has 0 saturated heterocycles. The average Bonchev–Trinajstić information content (AvgIpc) is 2.86. The van der Waals surface area contributed by atoms with E-state index in [0.717, 1.165) is 61.6 Å². The van der Waals surface area contributed by atoms with Crippen molar-refractivity contribution in [2.24, 2.45) is 0 Å². The number of aryl methyl sites for hydroxylation is 1. The number of carbonyl (C=O) groups excluding carboxylic acids is 1. The second-order valence-electron chi connectivity index (χ2n) is 8.42. The summed E-state index contributed by atoms with van der Waals surface area (Å²) in [5, 5.41) is 15.6. The third-order valence-corrected chi connectivity index (χ3v) is 5.99. The van der Waals surface area contributed by atoms with Gasteiger partial charge in [-0.3, -0.25) is 0 Å². The Balaban J connectivity index is 1.45. The fraction of sp³-hybridized carbons (Fsp3) is 0.286. The number of carboxylic acid groups (broad SMARTS) is 1. The molecule has 3 N–H and O–H groups in total. The monoisotopic (exact) mass is 493 g/mol.